The largest absolute Gasteiger partial charge is 0.334 e. The molecule has 25 heavy (non-hydrogen) atoms. The molecule has 0 aromatic rings. The molecular weight excluding hydrogens is 314 g/mol. The summed E-state index contributed by atoms with van der Waals surface area (Å²) in [6.45, 7) is 9.94. The van der Waals surface area contributed by atoms with Gasteiger partial charge in [0.2, 0.25) is 11.8 Å². The Morgan fingerprint density at radius 2 is 1.72 bits per heavy atom. The highest BCUT2D eigenvalue weighted by Crippen LogP contribution is 2.34. The minimum absolute atomic E-state index is 0.0337. The fourth-order valence-corrected chi connectivity index (χ4v) is 5.27. The van der Waals surface area contributed by atoms with Crippen molar-refractivity contribution in [1.29, 1.82) is 0 Å². The molecule has 3 rings (SSSR count). The van der Waals surface area contributed by atoms with Crippen LogP contribution in [0.2, 0.25) is 0 Å². The van der Waals surface area contributed by atoms with Crippen LogP contribution in [0.5, 0.6) is 0 Å². The number of nitrogens with one attached hydrogen (secondary N) is 1. The topological polar surface area (TPSA) is 52.7 Å². The lowest BCUT2D eigenvalue weighted by molar-refractivity contribution is -0.154. The van der Waals surface area contributed by atoms with Crippen molar-refractivity contribution >= 4 is 11.8 Å². The molecule has 5 atom stereocenters. The van der Waals surface area contributed by atoms with Gasteiger partial charge in [0.15, 0.2) is 0 Å². The first-order chi connectivity index (χ1) is 11.9. The summed E-state index contributed by atoms with van der Waals surface area (Å²) in [7, 11) is 0. The fraction of sp³-hybridized carbons (Fsp3) is 0.900. The number of nitrogens with zero attached hydrogens (tertiary/aromatic N) is 2. The highest BCUT2D eigenvalue weighted by Gasteiger charge is 2.45. The molecule has 0 aromatic heterocycles. The van der Waals surface area contributed by atoms with Crippen LogP contribution in [-0.4, -0.2) is 58.9 Å². The van der Waals surface area contributed by atoms with Crippen LogP contribution < -0.4 is 5.32 Å². The number of carbonyl (C=O) groups excluding carboxylic acids is 2. The monoisotopic (exact) mass is 349 g/mol. The Morgan fingerprint density at radius 3 is 2.28 bits per heavy atom. The summed E-state index contributed by atoms with van der Waals surface area (Å²) in [5.41, 5.74) is 0. The predicted molar refractivity (Wildman–Crippen MR) is 99.1 cm³/mol. The number of piperidine rings is 1. The third kappa shape index (κ3) is 3.71. The number of fused-ring (bicyclic) bond motifs is 1. The summed E-state index contributed by atoms with van der Waals surface area (Å²) in [4.78, 5) is 29.6. The van der Waals surface area contributed by atoms with Crippen LogP contribution in [-0.2, 0) is 9.59 Å². The maximum Gasteiger partial charge on any atom is 0.240 e. The van der Waals surface area contributed by atoms with Crippen LogP contribution in [0, 0.1) is 11.8 Å². The fourth-order valence-electron chi connectivity index (χ4n) is 5.27. The van der Waals surface area contributed by atoms with Crippen molar-refractivity contribution in [1.82, 2.24) is 15.1 Å². The van der Waals surface area contributed by atoms with Crippen molar-refractivity contribution in [2.24, 2.45) is 11.8 Å². The molecule has 2 saturated heterocycles. The highest BCUT2D eigenvalue weighted by atomic mass is 16.2. The van der Waals surface area contributed by atoms with Crippen LogP contribution in [0.15, 0.2) is 0 Å². The Bertz CT molecular complexity index is 499. The van der Waals surface area contributed by atoms with Gasteiger partial charge in [-0.3, -0.25) is 9.59 Å². The van der Waals surface area contributed by atoms with Crippen molar-refractivity contribution in [2.75, 3.05) is 13.1 Å². The van der Waals surface area contributed by atoms with E-state index in [-0.39, 0.29) is 36.0 Å². The zero-order chi connectivity index (χ0) is 18.1. The van der Waals surface area contributed by atoms with Crippen molar-refractivity contribution in [3.63, 3.8) is 0 Å². The molecule has 142 valence electrons. The van der Waals surface area contributed by atoms with Gasteiger partial charge in [-0.1, -0.05) is 26.7 Å². The van der Waals surface area contributed by atoms with Crippen LogP contribution in [0.3, 0.4) is 0 Å². The van der Waals surface area contributed by atoms with E-state index in [2.05, 4.69) is 35.9 Å². The number of piperazine rings is 1. The average Bonchev–Trinajstić information content (AvgIpc) is 2.60. The van der Waals surface area contributed by atoms with Gasteiger partial charge >= 0.3 is 0 Å². The van der Waals surface area contributed by atoms with E-state index in [1.54, 1.807) is 6.92 Å². The lowest BCUT2D eigenvalue weighted by Gasteiger charge is -2.53. The first-order valence-electron chi connectivity index (χ1n) is 10.2. The third-order valence-electron chi connectivity index (χ3n) is 6.73. The Labute approximate surface area is 152 Å². The molecule has 3 aliphatic rings. The van der Waals surface area contributed by atoms with Gasteiger partial charge < -0.3 is 15.1 Å². The number of hydrogen-bond acceptors (Lipinski definition) is 3. The second-order valence-electron chi connectivity index (χ2n) is 8.73. The van der Waals surface area contributed by atoms with E-state index in [4.69, 9.17) is 0 Å². The second kappa shape index (κ2) is 7.65. The normalized spacial score (nSPS) is 36.3. The maximum atomic E-state index is 13.3. The van der Waals surface area contributed by atoms with E-state index in [9.17, 15) is 9.59 Å². The molecule has 5 nitrogen and oxygen atoms in total. The Balaban J connectivity index is 1.71. The molecule has 0 aromatic carbocycles. The Morgan fingerprint density at radius 1 is 1.04 bits per heavy atom. The molecule has 1 aliphatic carbocycles. The highest BCUT2D eigenvalue weighted by molar-refractivity contribution is 5.83. The quantitative estimate of drug-likeness (QED) is 0.833. The van der Waals surface area contributed by atoms with Crippen molar-refractivity contribution < 1.29 is 9.59 Å². The first kappa shape index (κ1) is 18.7. The van der Waals surface area contributed by atoms with Crippen molar-refractivity contribution in [3.05, 3.63) is 0 Å². The first-order valence-corrected chi connectivity index (χ1v) is 10.2. The molecule has 1 saturated carbocycles. The minimum Gasteiger partial charge on any atom is -0.334 e. The van der Waals surface area contributed by atoms with Crippen LogP contribution >= 0.6 is 0 Å². The molecule has 2 amide bonds. The molecule has 2 heterocycles. The van der Waals surface area contributed by atoms with Gasteiger partial charge in [-0.2, -0.15) is 0 Å². The number of rotatable bonds is 2. The van der Waals surface area contributed by atoms with Crippen LogP contribution in [0.4, 0.5) is 0 Å². The van der Waals surface area contributed by atoms with E-state index in [1.807, 2.05) is 0 Å². The molecule has 0 bridgehead atoms. The standard InChI is InChI=1S/C20H35N3O2/c1-13(2)16-9-10-17(21-11-16)20(25)22-12-14(3)23(15(4)24)19-8-6-5-7-18(19)22/h13-14,16-19,21H,5-12H2,1-4H3/t14-,16?,17?,18?,19?/m0/s1. The zero-order valence-corrected chi connectivity index (χ0v) is 16.3. The maximum absolute atomic E-state index is 13.3. The van der Waals surface area contributed by atoms with E-state index < -0.39 is 0 Å². The summed E-state index contributed by atoms with van der Waals surface area (Å²) in [5, 5.41) is 3.52. The Kier molecular flexibility index (Phi) is 5.71. The van der Waals surface area contributed by atoms with Gasteiger partial charge in [-0.05, 0) is 51.0 Å². The molecule has 0 radical (unpaired) electrons. The van der Waals surface area contributed by atoms with Gasteiger partial charge in [-0.25, -0.2) is 0 Å². The van der Waals surface area contributed by atoms with E-state index in [1.165, 1.54) is 6.42 Å². The van der Waals surface area contributed by atoms with Crippen LogP contribution in [0.25, 0.3) is 0 Å². The number of hydrogen-bond donors (Lipinski definition) is 1. The summed E-state index contributed by atoms with van der Waals surface area (Å²) in [5.74, 6) is 1.78. The van der Waals surface area contributed by atoms with Gasteiger partial charge in [0.25, 0.3) is 0 Å². The average molecular weight is 350 g/mol. The second-order valence-corrected chi connectivity index (χ2v) is 8.73. The summed E-state index contributed by atoms with van der Waals surface area (Å²) in [6.07, 6.45) is 6.48. The van der Waals surface area contributed by atoms with Crippen molar-refractivity contribution in [3.8, 4) is 0 Å². The van der Waals surface area contributed by atoms with E-state index >= 15 is 0 Å². The number of amides is 2. The Hall–Kier alpha value is -1.10. The van der Waals surface area contributed by atoms with E-state index in [0.29, 0.717) is 18.4 Å². The van der Waals surface area contributed by atoms with Gasteiger partial charge in [0.05, 0.1) is 18.1 Å². The molecule has 5 heteroatoms. The van der Waals surface area contributed by atoms with Crippen molar-refractivity contribution in [2.45, 2.75) is 90.4 Å². The lowest BCUT2D eigenvalue weighted by Crippen LogP contribution is -2.68. The molecule has 4 unspecified atom stereocenters. The lowest BCUT2D eigenvalue weighted by atomic mass is 9.83. The van der Waals surface area contributed by atoms with Gasteiger partial charge in [0, 0.05) is 19.5 Å². The summed E-state index contributed by atoms with van der Waals surface area (Å²) in [6, 6.07) is 0.512. The molecule has 3 fully saturated rings. The summed E-state index contributed by atoms with van der Waals surface area (Å²) >= 11 is 0. The molecule has 0 spiro atoms. The molecular formula is C20H35N3O2. The van der Waals surface area contributed by atoms with Gasteiger partial charge in [0.1, 0.15) is 0 Å². The van der Waals surface area contributed by atoms with E-state index in [0.717, 1.165) is 38.6 Å². The third-order valence-corrected chi connectivity index (χ3v) is 6.73. The van der Waals surface area contributed by atoms with Crippen LogP contribution in [0.1, 0.15) is 66.2 Å². The zero-order valence-electron chi connectivity index (χ0n) is 16.3. The number of carbonyl (C=O) groups is 2. The predicted octanol–water partition coefficient (Wildman–Crippen LogP) is 2.40. The minimum atomic E-state index is -0.0337. The molecule has 2 aliphatic heterocycles. The summed E-state index contributed by atoms with van der Waals surface area (Å²) < 4.78 is 0. The SMILES string of the molecule is CC(=O)N1C2CCCCC2N(C(=O)C2CCC(C(C)C)CN2)C[C@@H]1C. The smallest absolute Gasteiger partial charge is 0.240 e. The molecule has 1 N–H and O–H groups in total. The van der Waals surface area contributed by atoms with Gasteiger partial charge in [-0.15, -0.1) is 0 Å².